The van der Waals surface area contributed by atoms with Crippen molar-refractivity contribution < 1.29 is 28.8 Å². The lowest BCUT2D eigenvalue weighted by atomic mass is 10.1. The fraction of sp³-hybridized carbons (Fsp3) is 0.261. The number of carbonyl (C=O) groups excluding carboxylic acids is 3. The van der Waals surface area contributed by atoms with E-state index in [1.54, 1.807) is 30.3 Å². The van der Waals surface area contributed by atoms with Gasteiger partial charge in [-0.25, -0.2) is 0 Å². The highest BCUT2D eigenvalue weighted by Gasteiger charge is 2.36. The monoisotopic (exact) mass is 498 g/mol. The van der Waals surface area contributed by atoms with Crippen molar-refractivity contribution in [2.45, 2.75) is 0 Å². The first-order valence-corrected chi connectivity index (χ1v) is 11.5. The van der Waals surface area contributed by atoms with Gasteiger partial charge in [0.25, 0.3) is 16.8 Å². The molecule has 0 unspecified atom stereocenters. The number of non-ortho nitro benzene ring substituents is 1. The average molecular weight is 499 g/mol. The number of nitro groups is 1. The molecule has 1 N–H and O–H groups in total. The predicted molar refractivity (Wildman–Crippen MR) is 130 cm³/mol. The Hall–Kier alpha value is -3.90. The molecule has 3 amide bonds. The summed E-state index contributed by atoms with van der Waals surface area (Å²) in [5.41, 5.74) is 1.49. The van der Waals surface area contributed by atoms with Gasteiger partial charge in [-0.1, -0.05) is 0 Å². The van der Waals surface area contributed by atoms with E-state index < -0.39 is 28.5 Å². The molecule has 2 saturated heterocycles. The topological polar surface area (TPSA) is 131 Å². The Balaban J connectivity index is 1.53. The van der Waals surface area contributed by atoms with Crippen LogP contribution in [0.3, 0.4) is 0 Å². The molecule has 2 fully saturated rings. The lowest BCUT2D eigenvalue weighted by Crippen LogP contribution is -2.36. The number of carbonyl (C=O) groups is 3. The minimum Gasteiger partial charge on any atom is -0.497 e. The lowest BCUT2D eigenvalue weighted by Gasteiger charge is -2.30. The van der Waals surface area contributed by atoms with Crippen LogP contribution in [0.1, 0.15) is 5.56 Å². The van der Waals surface area contributed by atoms with Crippen molar-refractivity contribution in [3.63, 3.8) is 0 Å². The molecule has 2 heterocycles. The van der Waals surface area contributed by atoms with Crippen LogP contribution in [0, 0.1) is 10.1 Å². The first-order valence-electron chi connectivity index (χ1n) is 10.7. The van der Waals surface area contributed by atoms with E-state index >= 15 is 0 Å². The molecule has 0 bridgehead atoms. The van der Waals surface area contributed by atoms with E-state index in [0.717, 1.165) is 4.90 Å². The van der Waals surface area contributed by atoms with Crippen molar-refractivity contribution in [3.8, 4) is 5.75 Å². The normalized spacial score (nSPS) is 17.1. The molecule has 182 valence electrons. The van der Waals surface area contributed by atoms with Gasteiger partial charge in [0.1, 0.15) is 12.3 Å². The molecule has 0 atom stereocenters. The van der Waals surface area contributed by atoms with Gasteiger partial charge in [-0.05, 0) is 48.2 Å². The Morgan fingerprint density at radius 2 is 1.91 bits per heavy atom. The van der Waals surface area contributed by atoms with E-state index in [2.05, 4.69) is 5.32 Å². The summed E-state index contributed by atoms with van der Waals surface area (Å²) in [5.74, 6) is -0.552. The summed E-state index contributed by atoms with van der Waals surface area (Å²) in [7, 11) is 1.53. The maximum atomic E-state index is 13.0. The number of anilines is 2. The Kier molecular flexibility index (Phi) is 7.32. The lowest BCUT2D eigenvalue weighted by molar-refractivity contribution is -0.384. The smallest absolute Gasteiger partial charge is 0.294 e. The summed E-state index contributed by atoms with van der Waals surface area (Å²) in [6.45, 7) is 1.74. The highest BCUT2D eigenvalue weighted by Crippen LogP contribution is 2.35. The molecule has 0 saturated carbocycles. The molecule has 2 aromatic carbocycles. The summed E-state index contributed by atoms with van der Waals surface area (Å²) in [4.78, 5) is 51.7. The standard InChI is InChI=1S/C23H22N4O7S/c1-33-18-5-2-16(3-6-18)24-21(28)14-26-22(29)20(35-23(26)30)13-15-12-17(27(31)32)4-7-19(15)25-8-10-34-11-9-25/h2-7,12-13H,8-11,14H2,1H3,(H,24,28)/b20-13-. The second-order valence-corrected chi connectivity index (χ2v) is 8.64. The van der Waals surface area contributed by atoms with Crippen molar-refractivity contribution in [2.24, 2.45) is 0 Å². The molecule has 2 aliphatic heterocycles. The number of thioether (sulfide) groups is 1. The van der Waals surface area contributed by atoms with Crippen LogP contribution < -0.4 is 15.0 Å². The van der Waals surface area contributed by atoms with Crippen LogP contribution in [-0.2, 0) is 14.3 Å². The SMILES string of the molecule is COc1ccc(NC(=O)CN2C(=O)S/C(=C\c3cc([N+](=O)[O-])ccc3N3CCOCC3)C2=O)cc1. The van der Waals surface area contributed by atoms with Crippen LogP contribution in [0.5, 0.6) is 5.75 Å². The summed E-state index contributed by atoms with van der Waals surface area (Å²) < 4.78 is 10.4. The summed E-state index contributed by atoms with van der Waals surface area (Å²) in [6.07, 6.45) is 1.46. The van der Waals surface area contributed by atoms with Crippen molar-refractivity contribution >= 4 is 52.0 Å². The number of nitro benzene ring substituents is 1. The third kappa shape index (κ3) is 5.61. The first-order chi connectivity index (χ1) is 16.9. The van der Waals surface area contributed by atoms with E-state index in [0.29, 0.717) is 60.8 Å². The number of hydrogen-bond donors (Lipinski definition) is 1. The molecule has 12 heteroatoms. The maximum absolute atomic E-state index is 13.0. The number of morpholine rings is 1. The zero-order valence-corrected chi connectivity index (χ0v) is 19.6. The maximum Gasteiger partial charge on any atom is 0.294 e. The zero-order valence-electron chi connectivity index (χ0n) is 18.8. The van der Waals surface area contributed by atoms with Crippen LogP contribution in [0.4, 0.5) is 21.9 Å². The Morgan fingerprint density at radius 1 is 1.20 bits per heavy atom. The number of imide groups is 1. The van der Waals surface area contributed by atoms with Gasteiger partial charge < -0.3 is 19.7 Å². The van der Waals surface area contributed by atoms with Gasteiger partial charge in [-0.2, -0.15) is 0 Å². The van der Waals surface area contributed by atoms with Crippen LogP contribution in [0.15, 0.2) is 47.4 Å². The average Bonchev–Trinajstić information content (AvgIpc) is 3.12. The number of nitrogens with zero attached hydrogens (tertiary/aromatic N) is 3. The second kappa shape index (κ2) is 10.6. The summed E-state index contributed by atoms with van der Waals surface area (Å²) in [5, 5.41) is 13.4. The van der Waals surface area contributed by atoms with E-state index in [-0.39, 0.29) is 10.6 Å². The summed E-state index contributed by atoms with van der Waals surface area (Å²) >= 11 is 0.688. The molecule has 2 aromatic rings. The largest absolute Gasteiger partial charge is 0.497 e. The van der Waals surface area contributed by atoms with Gasteiger partial charge >= 0.3 is 0 Å². The Morgan fingerprint density at radius 3 is 2.57 bits per heavy atom. The van der Waals surface area contributed by atoms with E-state index in [4.69, 9.17) is 9.47 Å². The number of hydrogen-bond acceptors (Lipinski definition) is 9. The summed E-state index contributed by atoms with van der Waals surface area (Å²) in [6, 6.07) is 11.0. The van der Waals surface area contributed by atoms with Crippen molar-refractivity contribution in [1.82, 2.24) is 4.90 Å². The van der Waals surface area contributed by atoms with Crippen LogP contribution in [-0.4, -0.2) is 66.8 Å². The van der Waals surface area contributed by atoms with Gasteiger partial charge in [0.15, 0.2) is 0 Å². The Labute approximate surface area is 204 Å². The fourth-order valence-corrected chi connectivity index (χ4v) is 4.49. The number of nitrogens with one attached hydrogen (secondary N) is 1. The van der Waals surface area contributed by atoms with E-state index in [9.17, 15) is 24.5 Å². The number of methoxy groups -OCH3 is 1. The number of benzene rings is 2. The van der Waals surface area contributed by atoms with Gasteiger partial charge in [-0.15, -0.1) is 0 Å². The highest BCUT2D eigenvalue weighted by molar-refractivity contribution is 8.18. The molecular weight excluding hydrogens is 476 g/mol. The Bertz CT molecular complexity index is 1190. The molecule has 0 aliphatic carbocycles. The first kappa shape index (κ1) is 24.2. The predicted octanol–water partition coefficient (Wildman–Crippen LogP) is 3.12. The molecule has 0 spiro atoms. The van der Waals surface area contributed by atoms with Crippen molar-refractivity contribution in [2.75, 3.05) is 50.2 Å². The quantitative estimate of drug-likeness (QED) is 0.347. The fourth-order valence-electron chi connectivity index (χ4n) is 3.66. The third-order valence-electron chi connectivity index (χ3n) is 5.41. The van der Waals surface area contributed by atoms with E-state index in [1.807, 2.05) is 4.90 Å². The van der Waals surface area contributed by atoms with Crippen molar-refractivity contribution in [3.05, 3.63) is 63.0 Å². The van der Waals surface area contributed by atoms with E-state index in [1.165, 1.54) is 25.3 Å². The van der Waals surface area contributed by atoms with Crippen LogP contribution >= 0.6 is 11.8 Å². The number of amides is 3. The van der Waals surface area contributed by atoms with Gasteiger partial charge in [-0.3, -0.25) is 29.4 Å². The van der Waals surface area contributed by atoms with Gasteiger partial charge in [0.05, 0.1) is 30.2 Å². The number of rotatable bonds is 7. The van der Waals surface area contributed by atoms with Crippen molar-refractivity contribution in [1.29, 1.82) is 0 Å². The molecular formula is C23H22N4O7S. The molecule has 11 nitrogen and oxygen atoms in total. The molecule has 0 radical (unpaired) electrons. The second-order valence-electron chi connectivity index (χ2n) is 7.64. The molecule has 0 aromatic heterocycles. The number of ether oxygens (including phenoxy) is 2. The van der Waals surface area contributed by atoms with Crippen LogP contribution in [0.2, 0.25) is 0 Å². The highest BCUT2D eigenvalue weighted by atomic mass is 32.2. The van der Waals surface area contributed by atoms with Gasteiger partial charge in [0, 0.05) is 42.2 Å². The zero-order chi connectivity index (χ0) is 24.9. The third-order valence-corrected chi connectivity index (χ3v) is 6.32. The molecule has 4 rings (SSSR count). The van der Waals surface area contributed by atoms with Gasteiger partial charge in [0.2, 0.25) is 5.91 Å². The molecule has 35 heavy (non-hydrogen) atoms. The van der Waals surface area contributed by atoms with Crippen LogP contribution in [0.25, 0.3) is 6.08 Å². The molecule has 2 aliphatic rings. The minimum atomic E-state index is -0.635. The minimum absolute atomic E-state index is 0.0854.